The molecule has 2 aliphatic rings. The van der Waals surface area contributed by atoms with Gasteiger partial charge in [0, 0.05) is 25.9 Å². The average Bonchev–Trinajstić information content (AvgIpc) is 3.23. The summed E-state index contributed by atoms with van der Waals surface area (Å²) in [7, 11) is 0. The predicted molar refractivity (Wildman–Crippen MR) is 110 cm³/mol. The molecule has 0 atom stereocenters. The first-order chi connectivity index (χ1) is 14.2. The van der Waals surface area contributed by atoms with Crippen LogP contribution in [0, 0.1) is 0 Å². The Hall–Kier alpha value is -3.15. The third-order valence-electron chi connectivity index (χ3n) is 6.05. The van der Waals surface area contributed by atoms with E-state index in [0.29, 0.717) is 25.9 Å². The van der Waals surface area contributed by atoms with Crippen LogP contribution in [0.5, 0.6) is 0 Å². The summed E-state index contributed by atoms with van der Waals surface area (Å²) in [5, 5.41) is 3.36. The molecule has 1 saturated carbocycles. The quantitative estimate of drug-likeness (QED) is 0.730. The number of H-pyrrole nitrogens is 1. The largest absolute Gasteiger partial charge is 0.342 e. The molecule has 0 unspecified atom stereocenters. The summed E-state index contributed by atoms with van der Waals surface area (Å²) in [6.45, 7) is 1.22. The van der Waals surface area contributed by atoms with Crippen molar-refractivity contribution in [3.8, 4) is 0 Å². The molecule has 148 valence electrons. The Labute approximate surface area is 169 Å². The van der Waals surface area contributed by atoms with Gasteiger partial charge in [0.25, 0.3) is 5.91 Å². The fourth-order valence-electron chi connectivity index (χ4n) is 4.32. The monoisotopic (exact) mass is 388 g/mol. The van der Waals surface area contributed by atoms with Gasteiger partial charge in [-0.25, -0.2) is 4.98 Å². The minimum atomic E-state index is -0.442. The van der Waals surface area contributed by atoms with Crippen LogP contribution in [0.1, 0.15) is 37.1 Å². The Morgan fingerprint density at radius 3 is 2.45 bits per heavy atom. The van der Waals surface area contributed by atoms with Crippen molar-refractivity contribution in [2.24, 2.45) is 0 Å². The number of fused-ring (bicyclic) bond motifs is 1. The second-order valence-corrected chi connectivity index (χ2v) is 7.95. The number of aryl methyl sites for hydroxylation is 1. The first-order valence-corrected chi connectivity index (χ1v) is 10.3. The highest BCUT2D eigenvalue weighted by Gasteiger charge is 2.54. The Morgan fingerprint density at radius 2 is 1.69 bits per heavy atom. The van der Waals surface area contributed by atoms with Gasteiger partial charge in [0.1, 0.15) is 5.82 Å². The molecule has 0 radical (unpaired) electrons. The number of imidazole rings is 1. The average molecular weight is 388 g/mol. The van der Waals surface area contributed by atoms with Gasteiger partial charge in [0.05, 0.1) is 16.4 Å². The van der Waals surface area contributed by atoms with Gasteiger partial charge in [-0.15, -0.1) is 0 Å². The summed E-state index contributed by atoms with van der Waals surface area (Å²) < 4.78 is 0. The van der Waals surface area contributed by atoms with Crippen LogP contribution in [-0.2, 0) is 21.4 Å². The minimum absolute atomic E-state index is 0.0137. The van der Waals surface area contributed by atoms with E-state index in [9.17, 15) is 9.59 Å². The summed E-state index contributed by atoms with van der Waals surface area (Å²) in [5.41, 5.74) is 2.51. The predicted octanol–water partition coefficient (Wildman–Crippen LogP) is 3.20. The summed E-state index contributed by atoms with van der Waals surface area (Å²) in [6, 6.07) is 17.8. The highest BCUT2D eigenvalue weighted by atomic mass is 16.2. The third kappa shape index (κ3) is 3.18. The highest BCUT2D eigenvalue weighted by Crippen LogP contribution is 2.50. The second kappa shape index (κ2) is 7.03. The molecular weight excluding hydrogens is 364 g/mol. The Kier molecular flexibility index (Phi) is 4.34. The molecule has 1 aromatic heterocycles. The molecule has 1 aliphatic heterocycles. The number of nitrogens with zero attached hydrogens (tertiary/aromatic N) is 3. The number of aromatic amines is 1. The van der Waals surface area contributed by atoms with Gasteiger partial charge in [-0.2, -0.15) is 0 Å². The number of nitrogens with one attached hydrogen (secondary N) is 1. The van der Waals surface area contributed by atoms with Crippen molar-refractivity contribution >= 4 is 22.8 Å². The third-order valence-corrected chi connectivity index (χ3v) is 6.05. The highest BCUT2D eigenvalue weighted by molar-refractivity contribution is 5.93. The summed E-state index contributed by atoms with van der Waals surface area (Å²) in [5.74, 6) is 0.859. The number of para-hydroxylation sites is 2. The zero-order valence-electron chi connectivity index (χ0n) is 16.3. The topological polar surface area (TPSA) is 69.3 Å². The van der Waals surface area contributed by atoms with Crippen molar-refractivity contribution in [3.63, 3.8) is 0 Å². The van der Waals surface area contributed by atoms with Crippen molar-refractivity contribution in [2.45, 2.75) is 37.5 Å². The molecule has 3 aromatic rings. The second-order valence-electron chi connectivity index (χ2n) is 7.95. The smallest absolute Gasteiger partial charge is 0.251 e. The number of aromatic nitrogens is 2. The van der Waals surface area contributed by atoms with Crippen molar-refractivity contribution in [2.75, 3.05) is 13.1 Å². The van der Waals surface area contributed by atoms with E-state index in [0.717, 1.165) is 41.7 Å². The van der Waals surface area contributed by atoms with Crippen LogP contribution in [0.15, 0.2) is 54.6 Å². The fourth-order valence-corrected chi connectivity index (χ4v) is 4.32. The molecule has 2 aromatic carbocycles. The van der Waals surface area contributed by atoms with Crippen LogP contribution in [0.4, 0.5) is 0 Å². The van der Waals surface area contributed by atoms with Crippen LogP contribution >= 0.6 is 0 Å². The Balaban J connectivity index is 1.28. The number of hydrogen-bond donors (Lipinski definition) is 1. The number of hydrazine groups is 1. The van der Waals surface area contributed by atoms with Crippen LogP contribution in [0.25, 0.3) is 11.0 Å². The summed E-state index contributed by atoms with van der Waals surface area (Å²) in [4.78, 5) is 34.1. The van der Waals surface area contributed by atoms with Gasteiger partial charge >= 0.3 is 0 Å². The van der Waals surface area contributed by atoms with E-state index in [1.54, 1.807) is 10.0 Å². The number of hydrogen-bond acceptors (Lipinski definition) is 3. The van der Waals surface area contributed by atoms with E-state index >= 15 is 0 Å². The molecule has 2 amide bonds. The van der Waals surface area contributed by atoms with Crippen molar-refractivity contribution < 1.29 is 9.59 Å². The van der Waals surface area contributed by atoms with Crippen LogP contribution < -0.4 is 0 Å². The van der Waals surface area contributed by atoms with Gasteiger partial charge in [0.2, 0.25) is 5.91 Å². The summed E-state index contributed by atoms with van der Waals surface area (Å²) >= 11 is 0. The molecule has 1 saturated heterocycles. The van der Waals surface area contributed by atoms with Crippen molar-refractivity contribution in [1.29, 1.82) is 0 Å². The lowest BCUT2D eigenvalue weighted by Crippen LogP contribution is -2.49. The van der Waals surface area contributed by atoms with Crippen LogP contribution in [0.3, 0.4) is 0 Å². The number of carbonyl (C=O) groups excluding carboxylic acids is 2. The van der Waals surface area contributed by atoms with Crippen molar-refractivity contribution in [3.05, 3.63) is 66.0 Å². The van der Waals surface area contributed by atoms with Crippen LogP contribution in [0.2, 0.25) is 0 Å². The summed E-state index contributed by atoms with van der Waals surface area (Å²) in [6.07, 6.45) is 3.41. The molecule has 2 fully saturated rings. The molecule has 29 heavy (non-hydrogen) atoms. The van der Waals surface area contributed by atoms with Crippen LogP contribution in [-0.4, -0.2) is 44.9 Å². The molecule has 1 N–H and O–H groups in total. The normalized spacial score (nSPS) is 17.7. The zero-order valence-corrected chi connectivity index (χ0v) is 16.3. The lowest BCUT2D eigenvalue weighted by atomic mass is 9.95. The van der Waals surface area contributed by atoms with E-state index < -0.39 is 5.41 Å². The first kappa shape index (κ1) is 17.9. The number of rotatable bonds is 5. The van der Waals surface area contributed by atoms with Gasteiger partial charge in [0.15, 0.2) is 0 Å². The van der Waals surface area contributed by atoms with E-state index in [2.05, 4.69) is 9.97 Å². The van der Waals surface area contributed by atoms with E-state index in [1.165, 1.54) is 0 Å². The molecule has 0 spiro atoms. The fraction of sp³-hybridized carbons (Fsp3) is 0.348. The number of carbonyl (C=O) groups is 2. The van der Waals surface area contributed by atoms with E-state index in [4.69, 9.17) is 0 Å². The molecule has 6 nitrogen and oxygen atoms in total. The van der Waals surface area contributed by atoms with Crippen molar-refractivity contribution in [1.82, 2.24) is 20.0 Å². The maximum atomic E-state index is 13.4. The molecule has 2 heterocycles. The molecule has 0 bridgehead atoms. The minimum Gasteiger partial charge on any atom is -0.342 e. The van der Waals surface area contributed by atoms with E-state index in [-0.39, 0.29) is 11.8 Å². The maximum Gasteiger partial charge on any atom is 0.251 e. The lowest BCUT2D eigenvalue weighted by molar-refractivity contribution is -0.159. The first-order valence-electron chi connectivity index (χ1n) is 10.3. The molecule has 6 heteroatoms. The zero-order chi connectivity index (χ0) is 19.8. The molecule has 1 aliphatic carbocycles. The standard InChI is InChI=1S/C23H24N4O2/c28-21(12-11-20-24-18-9-4-5-10-19(18)25-20)26-15-6-16-27(26)22(29)23(13-14-23)17-7-2-1-3-8-17/h1-5,7-10H,6,11-16H2,(H,24,25). The Bertz CT molecular complexity index is 1020. The van der Waals surface area contributed by atoms with Gasteiger partial charge in [-0.1, -0.05) is 42.5 Å². The van der Waals surface area contributed by atoms with Gasteiger partial charge in [-0.05, 0) is 37.0 Å². The lowest BCUT2D eigenvalue weighted by Gasteiger charge is -2.31. The number of amides is 2. The van der Waals surface area contributed by atoms with Gasteiger partial charge < -0.3 is 4.98 Å². The Morgan fingerprint density at radius 1 is 0.966 bits per heavy atom. The molecular formula is C23H24N4O2. The molecule has 5 rings (SSSR count). The van der Waals surface area contributed by atoms with Gasteiger partial charge in [-0.3, -0.25) is 19.6 Å². The number of benzene rings is 2. The SMILES string of the molecule is O=C(CCc1nc2ccccc2[nH]1)N1CCCN1C(=O)C1(c2ccccc2)CC1. The maximum absolute atomic E-state index is 13.4. The van der Waals surface area contributed by atoms with E-state index in [1.807, 2.05) is 54.6 Å².